The van der Waals surface area contributed by atoms with Crippen LogP contribution >= 0.6 is 11.8 Å². The summed E-state index contributed by atoms with van der Waals surface area (Å²) in [5.74, 6) is -0.848. The van der Waals surface area contributed by atoms with E-state index in [9.17, 15) is 19.2 Å². The highest BCUT2D eigenvalue weighted by Crippen LogP contribution is 2.28. The van der Waals surface area contributed by atoms with E-state index in [1.54, 1.807) is 20.2 Å². The molecule has 0 aliphatic rings. The van der Waals surface area contributed by atoms with E-state index in [0.29, 0.717) is 16.7 Å². The van der Waals surface area contributed by atoms with Gasteiger partial charge >= 0.3 is 11.7 Å². The van der Waals surface area contributed by atoms with Gasteiger partial charge in [-0.2, -0.15) is 0 Å². The molecule has 1 amide bonds. The van der Waals surface area contributed by atoms with Crippen LogP contribution in [0.5, 0.6) is 0 Å². The Balaban J connectivity index is 2.37. The van der Waals surface area contributed by atoms with Gasteiger partial charge in [0.15, 0.2) is 0 Å². The third-order valence-electron chi connectivity index (χ3n) is 4.10. The predicted molar refractivity (Wildman–Crippen MR) is 107 cm³/mol. The van der Waals surface area contributed by atoms with Crippen LogP contribution in [0.1, 0.15) is 25.8 Å². The monoisotopic (exact) mass is 408 g/mol. The summed E-state index contributed by atoms with van der Waals surface area (Å²) in [4.78, 5) is 53.3. The molecule has 0 saturated heterocycles. The molecule has 0 bridgehead atoms. The molecule has 0 unspecified atom stereocenters. The summed E-state index contributed by atoms with van der Waals surface area (Å²) >= 11 is 1.19. The molecular weight excluding hydrogens is 384 g/mol. The molecule has 0 aromatic carbocycles. The van der Waals surface area contributed by atoms with Crippen molar-refractivity contribution in [2.45, 2.75) is 31.6 Å². The number of esters is 1. The summed E-state index contributed by atoms with van der Waals surface area (Å²) in [6, 6.07) is 0. The van der Waals surface area contributed by atoms with Crippen LogP contribution in [0.2, 0.25) is 0 Å². The topological polar surface area (TPSA) is 112 Å². The van der Waals surface area contributed by atoms with Gasteiger partial charge in [0.2, 0.25) is 5.91 Å². The van der Waals surface area contributed by atoms with Gasteiger partial charge in [-0.3, -0.25) is 23.5 Å². The van der Waals surface area contributed by atoms with Crippen LogP contribution in [-0.4, -0.2) is 44.9 Å². The van der Waals surface area contributed by atoms with Crippen molar-refractivity contribution in [3.05, 3.63) is 32.6 Å². The number of nitrogens with one attached hydrogen (secondary N) is 1. The van der Waals surface area contributed by atoms with E-state index in [-0.39, 0.29) is 30.5 Å². The fourth-order valence-corrected chi connectivity index (χ4v) is 3.77. The Labute approximate surface area is 166 Å². The minimum atomic E-state index is -0.509. The number of carbonyl (C=O) groups is 2. The van der Waals surface area contributed by atoms with E-state index >= 15 is 0 Å². The summed E-state index contributed by atoms with van der Waals surface area (Å²) in [5.41, 5.74) is 0.214. The number of aryl methyl sites for hydroxylation is 2. The highest BCUT2D eigenvalue weighted by Gasteiger charge is 2.18. The van der Waals surface area contributed by atoms with E-state index in [2.05, 4.69) is 10.3 Å². The quantitative estimate of drug-likeness (QED) is 0.496. The minimum absolute atomic E-state index is 0.0151. The fourth-order valence-electron chi connectivity index (χ4n) is 2.73. The molecule has 0 aliphatic carbocycles. The summed E-state index contributed by atoms with van der Waals surface area (Å²) in [7, 11) is 2.97. The summed E-state index contributed by atoms with van der Waals surface area (Å²) in [5, 5.41) is 2.81. The van der Waals surface area contributed by atoms with Crippen LogP contribution in [0.4, 0.5) is 0 Å². The number of pyridine rings is 1. The normalized spacial score (nSPS) is 10.9. The molecule has 10 heteroatoms. The lowest BCUT2D eigenvalue weighted by atomic mass is 10.1. The lowest BCUT2D eigenvalue weighted by Crippen LogP contribution is -2.37. The SMILES string of the molecule is CCCc1cnc2c(c1SCC(=O)NCC(=O)OCC)c(=O)n(C)c(=O)n2C. The van der Waals surface area contributed by atoms with Crippen LogP contribution in [0, 0.1) is 0 Å². The predicted octanol–water partition coefficient (Wildman–Crippen LogP) is 0.356. The molecule has 1 N–H and O–H groups in total. The Morgan fingerprint density at radius 2 is 1.93 bits per heavy atom. The van der Waals surface area contributed by atoms with Crippen molar-refractivity contribution in [2.24, 2.45) is 14.1 Å². The smallest absolute Gasteiger partial charge is 0.332 e. The Morgan fingerprint density at radius 1 is 1.21 bits per heavy atom. The molecule has 28 heavy (non-hydrogen) atoms. The van der Waals surface area contributed by atoms with Crippen LogP contribution in [0.15, 0.2) is 20.7 Å². The number of thioether (sulfide) groups is 1. The fraction of sp³-hybridized carbons (Fsp3) is 0.500. The number of rotatable bonds is 8. The van der Waals surface area contributed by atoms with E-state index in [0.717, 1.165) is 16.6 Å². The first-order chi connectivity index (χ1) is 13.3. The molecule has 0 spiro atoms. The number of ether oxygens (including phenoxy) is 1. The van der Waals surface area contributed by atoms with Gasteiger partial charge < -0.3 is 10.1 Å². The standard InChI is InChI=1S/C18H24N4O5S/c1-5-7-11-8-20-16-14(17(25)22(4)18(26)21(16)3)15(11)28-10-12(23)19-9-13(24)27-6-2/h8H,5-7,9-10H2,1-4H3,(H,19,23). The van der Waals surface area contributed by atoms with Crippen molar-refractivity contribution in [3.8, 4) is 0 Å². The largest absolute Gasteiger partial charge is 0.465 e. The van der Waals surface area contributed by atoms with Crippen LogP contribution in [0.3, 0.4) is 0 Å². The molecule has 0 aliphatic heterocycles. The molecule has 9 nitrogen and oxygen atoms in total. The second-order valence-electron chi connectivity index (χ2n) is 6.14. The highest BCUT2D eigenvalue weighted by atomic mass is 32.2. The maximum absolute atomic E-state index is 12.7. The first-order valence-corrected chi connectivity index (χ1v) is 9.93. The third-order valence-corrected chi connectivity index (χ3v) is 5.26. The van der Waals surface area contributed by atoms with Gasteiger partial charge in [0, 0.05) is 25.2 Å². The number of aromatic nitrogens is 3. The van der Waals surface area contributed by atoms with Crippen molar-refractivity contribution >= 4 is 34.7 Å². The second-order valence-corrected chi connectivity index (χ2v) is 7.12. The van der Waals surface area contributed by atoms with Gasteiger partial charge in [0.1, 0.15) is 12.2 Å². The number of carbonyl (C=O) groups excluding carboxylic acids is 2. The Bertz CT molecular complexity index is 1010. The van der Waals surface area contributed by atoms with Crippen molar-refractivity contribution in [2.75, 3.05) is 18.9 Å². The molecule has 2 heterocycles. The molecule has 0 radical (unpaired) electrons. The number of amides is 1. The zero-order chi connectivity index (χ0) is 20.8. The Kier molecular flexibility index (Phi) is 7.38. The summed E-state index contributed by atoms with van der Waals surface area (Å²) in [6.07, 6.45) is 3.16. The average Bonchev–Trinajstić information content (AvgIpc) is 2.68. The molecule has 2 rings (SSSR count). The number of nitrogens with zero attached hydrogens (tertiary/aromatic N) is 3. The number of fused-ring (bicyclic) bond motifs is 1. The lowest BCUT2D eigenvalue weighted by molar-refractivity contribution is -0.143. The molecular formula is C18H24N4O5S. The van der Waals surface area contributed by atoms with Crippen LogP contribution in [-0.2, 0) is 34.8 Å². The highest BCUT2D eigenvalue weighted by molar-refractivity contribution is 8.00. The van der Waals surface area contributed by atoms with E-state index in [1.165, 1.54) is 23.4 Å². The van der Waals surface area contributed by atoms with E-state index < -0.39 is 17.2 Å². The van der Waals surface area contributed by atoms with Crippen molar-refractivity contribution in [3.63, 3.8) is 0 Å². The summed E-state index contributed by atoms with van der Waals surface area (Å²) in [6.45, 7) is 3.73. The summed E-state index contributed by atoms with van der Waals surface area (Å²) < 4.78 is 7.12. The lowest BCUT2D eigenvalue weighted by Gasteiger charge is -2.14. The second kappa shape index (κ2) is 9.54. The number of hydrogen-bond donors (Lipinski definition) is 1. The van der Waals surface area contributed by atoms with Gasteiger partial charge in [0.25, 0.3) is 5.56 Å². The van der Waals surface area contributed by atoms with Gasteiger partial charge in [0.05, 0.1) is 17.7 Å². The molecule has 0 saturated carbocycles. The average molecular weight is 408 g/mol. The molecule has 2 aromatic heterocycles. The maximum atomic E-state index is 12.7. The Hall–Kier alpha value is -2.62. The zero-order valence-corrected chi connectivity index (χ0v) is 17.2. The van der Waals surface area contributed by atoms with Gasteiger partial charge in [-0.25, -0.2) is 9.78 Å². The third kappa shape index (κ3) is 4.61. The zero-order valence-electron chi connectivity index (χ0n) is 16.4. The van der Waals surface area contributed by atoms with Crippen molar-refractivity contribution in [1.82, 2.24) is 19.4 Å². The van der Waals surface area contributed by atoms with Gasteiger partial charge in [-0.1, -0.05) is 13.3 Å². The van der Waals surface area contributed by atoms with E-state index in [1.807, 2.05) is 6.92 Å². The van der Waals surface area contributed by atoms with Crippen LogP contribution in [0.25, 0.3) is 11.0 Å². The molecule has 2 aromatic rings. The van der Waals surface area contributed by atoms with Crippen molar-refractivity contribution in [1.29, 1.82) is 0 Å². The van der Waals surface area contributed by atoms with Crippen LogP contribution < -0.4 is 16.6 Å². The van der Waals surface area contributed by atoms with Gasteiger partial charge in [-0.05, 0) is 18.9 Å². The number of hydrogen-bond acceptors (Lipinski definition) is 7. The Morgan fingerprint density at radius 3 is 2.57 bits per heavy atom. The van der Waals surface area contributed by atoms with E-state index in [4.69, 9.17) is 4.74 Å². The molecule has 0 atom stereocenters. The minimum Gasteiger partial charge on any atom is -0.465 e. The molecule has 0 fully saturated rings. The molecule has 152 valence electrons. The first kappa shape index (κ1) is 21.7. The first-order valence-electron chi connectivity index (χ1n) is 8.94. The van der Waals surface area contributed by atoms with Crippen molar-refractivity contribution < 1.29 is 14.3 Å². The van der Waals surface area contributed by atoms with Gasteiger partial charge in [-0.15, -0.1) is 11.8 Å². The maximum Gasteiger partial charge on any atom is 0.332 e.